The van der Waals surface area contributed by atoms with Crippen molar-refractivity contribution < 1.29 is 14.3 Å². The van der Waals surface area contributed by atoms with Crippen molar-refractivity contribution >= 4 is 12.0 Å². The molecule has 32 heavy (non-hydrogen) atoms. The zero-order valence-corrected chi connectivity index (χ0v) is 18.5. The molecule has 0 bridgehead atoms. The second kappa shape index (κ2) is 10.8. The molecule has 0 radical (unpaired) electrons. The number of ether oxygens (including phenoxy) is 2. The lowest BCUT2D eigenvalue weighted by atomic mass is 10.1. The average molecular weight is 427 g/mol. The minimum Gasteiger partial charge on any atom is -0.493 e. The number of aryl methyl sites for hydroxylation is 1. The number of hydrogen-bond acceptors (Lipinski definition) is 4. The van der Waals surface area contributed by atoms with Crippen LogP contribution in [0, 0.1) is 18.3 Å². The Morgan fingerprint density at radius 2 is 1.78 bits per heavy atom. The third-order valence-corrected chi connectivity index (χ3v) is 5.03. The Labute approximate surface area is 188 Å². The Morgan fingerprint density at radius 3 is 2.44 bits per heavy atom. The van der Waals surface area contributed by atoms with E-state index in [9.17, 15) is 10.1 Å². The lowest BCUT2D eigenvalue weighted by molar-refractivity contribution is -0.117. The van der Waals surface area contributed by atoms with E-state index in [2.05, 4.69) is 5.32 Å². The standard InChI is InChI=1S/C27H26N2O3/c1-19-9-11-21(12-10-19)18-32-25-14-13-22(16-26(25)31-3)15-24(17-28)27(30)29-20(2)23-7-5-4-6-8-23/h4-16,20H,18H2,1-3H3,(H,29,30)/b24-15-/t20-/m0/s1. The van der Waals surface area contributed by atoms with Gasteiger partial charge in [-0.25, -0.2) is 0 Å². The summed E-state index contributed by atoms with van der Waals surface area (Å²) in [5, 5.41) is 12.4. The molecule has 1 amide bonds. The van der Waals surface area contributed by atoms with E-state index in [-0.39, 0.29) is 11.6 Å². The summed E-state index contributed by atoms with van der Waals surface area (Å²) in [4.78, 5) is 12.6. The SMILES string of the molecule is COc1cc(/C=C(/C#N)C(=O)N[C@@H](C)c2ccccc2)ccc1OCc1ccc(C)cc1. The summed E-state index contributed by atoms with van der Waals surface area (Å²) in [6.45, 7) is 4.33. The third-order valence-electron chi connectivity index (χ3n) is 5.03. The van der Waals surface area contributed by atoms with Crippen molar-refractivity contribution in [3.8, 4) is 17.6 Å². The van der Waals surface area contributed by atoms with Gasteiger partial charge in [-0.15, -0.1) is 0 Å². The van der Waals surface area contributed by atoms with Crippen molar-refractivity contribution in [1.29, 1.82) is 5.26 Å². The van der Waals surface area contributed by atoms with Crippen LogP contribution in [0.15, 0.2) is 78.4 Å². The second-order valence-corrected chi connectivity index (χ2v) is 7.46. The monoisotopic (exact) mass is 426 g/mol. The molecule has 3 aromatic carbocycles. The Kier molecular flexibility index (Phi) is 7.66. The molecule has 0 heterocycles. The van der Waals surface area contributed by atoms with Gasteiger partial charge in [0.1, 0.15) is 18.2 Å². The molecule has 0 aliphatic rings. The van der Waals surface area contributed by atoms with Crippen LogP contribution < -0.4 is 14.8 Å². The lowest BCUT2D eigenvalue weighted by Gasteiger charge is -2.14. The van der Waals surface area contributed by atoms with Crippen LogP contribution in [0.2, 0.25) is 0 Å². The van der Waals surface area contributed by atoms with Gasteiger partial charge in [-0.1, -0.05) is 66.2 Å². The van der Waals surface area contributed by atoms with Crippen LogP contribution >= 0.6 is 0 Å². The predicted octanol–water partition coefficient (Wildman–Crippen LogP) is 5.37. The van der Waals surface area contributed by atoms with Gasteiger partial charge in [0.25, 0.3) is 5.91 Å². The van der Waals surface area contributed by atoms with Gasteiger partial charge < -0.3 is 14.8 Å². The normalized spacial score (nSPS) is 11.9. The number of nitrogens with one attached hydrogen (secondary N) is 1. The van der Waals surface area contributed by atoms with E-state index in [1.54, 1.807) is 31.4 Å². The number of amides is 1. The maximum atomic E-state index is 12.6. The minimum absolute atomic E-state index is 0.0168. The van der Waals surface area contributed by atoms with Crippen LogP contribution in [0.1, 0.15) is 35.2 Å². The maximum absolute atomic E-state index is 12.6. The smallest absolute Gasteiger partial charge is 0.262 e. The fraction of sp³-hybridized carbons (Fsp3) is 0.185. The molecule has 5 heteroatoms. The van der Waals surface area contributed by atoms with Crippen LogP contribution in [-0.2, 0) is 11.4 Å². The second-order valence-electron chi connectivity index (χ2n) is 7.46. The molecule has 0 aromatic heterocycles. The van der Waals surface area contributed by atoms with Gasteiger partial charge in [-0.05, 0) is 48.7 Å². The predicted molar refractivity (Wildman–Crippen MR) is 125 cm³/mol. The Balaban J connectivity index is 1.72. The molecule has 0 aliphatic heterocycles. The summed E-state index contributed by atoms with van der Waals surface area (Å²) in [7, 11) is 1.56. The molecule has 1 atom stereocenters. The van der Waals surface area contributed by atoms with E-state index in [4.69, 9.17) is 9.47 Å². The molecule has 3 rings (SSSR count). The van der Waals surface area contributed by atoms with Gasteiger partial charge in [0.05, 0.1) is 13.2 Å². The topological polar surface area (TPSA) is 71.3 Å². The minimum atomic E-state index is -0.428. The first-order valence-electron chi connectivity index (χ1n) is 10.3. The maximum Gasteiger partial charge on any atom is 0.262 e. The third kappa shape index (κ3) is 5.99. The van der Waals surface area contributed by atoms with Crippen LogP contribution in [0.4, 0.5) is 0 Å². The van der Waals surface area contributed by atoms with Crippen molar-refractivity contribution in [3.63, 3.8) is 0 Å². The van der Waals surface area contributed by atoms with Crippen LogP contribution in [0.5, 0.6) is 11.5 Å². The number of hydrogen-bond donors (Lipinski definition) is 1. The number of nitriles is 1. The zero-order valence-electron chi connectivity index (χ0n) is 18.5. The Hall–Kier alpha value is -4.04. The van der Waals surface area contributed by atoms with Crippen molar-refractivity contribution in [1.82, 2.24) is 5.32 Å². The molecule has 5 nitrogen and oxygen atoms in total. The van der Waals surface area contributed by atoms with Crippen molar-refractivity contribution in [2.24, 2.45) is 0 Å². The molecule has 1 N–H and O–H groups in total. The Morgan fingerprint density at radius 1 is 1.06 bits per heavy atom. The number of benzene rings is 3. The molecule has 0 aliphatic carbocycles. The van der Waals surface area contributed by atoms with E-state index < -0.39 is 5.91 Å². The highest BCUT2D eigenvalue weighted by Crippen LogP contribution is 2.30. The summed E-state index contributed by atoms with van der Waals surface area (Å²) >= 11 is 0. The van der Waals surface area contributed by atoms with Crippen molar-refractivity contribution in [2.45, 2.75) is 26.5 Å². The fourth-order valence-corrected chi connectivity index (χ4v) is 3.15. The van der Waals surface area contributed by atoms with Gasteiger partial charge in [0, 0.05) is 0 Å². The van der Waals surface area contributed by atoms with Gasteiger partial charge in [-0.3, -0.25) is 4.79 Å². The highest BCUT2D eigenvalue weighted by atomic mass is 16.5. The molecule has 0 saturated heterocycles. The highest BCUT2D eigenvalue weighted by Gasteiger charge is 2.14. The number of carbonyl (C=O) groups is 1. The zero-order chi connectivity index (χ0) is 22.9. The van der Waals surface area contributed by atoms with E-state index in [0.29, 0.717) is 23.7 Å². The largest absolute Gasteiger partial charge is 0.493 e. The summed E-state index contributed by atoms with van der Waals surface area (Å²) in [5.41, 5.74) is 3.90. The van der Waals surface area contributed by atoms with E-state index in [0.717, 1.165) is 11.1 Å². The van der Waals surface area contributed by atoms with Gasteiger partial charge in [-0.2, -0.15) is 5.26 Å². The summed E-state index contributed by atoms with van der Waals surface area (Å²) < 4.78 is 11.4. The Bertz CT molecular complexity index is 1130. The highest BCUT2D eigenvalue weighted by molar-refractivity contribution is 6.01. The molecule has 0 unspecified atom stereocenters. The molecular formula is C27H26N2O3. The number of nitrogens with zero attached hydrogens (tertiary/aromatic N) is 1. The first-order valence-corrected chi connectivity index (χ1v) is 10.3. The van der Waals surface area contributed by atoms with Crippen molar-refractivity contribution in [3.05, 3.63) is 101 Å². The van der Waals surface area contributed by atoms with E-state index in [1.165, 1.54) is 5.56 Å². The van der Waals surface area contributed by atoms with Crippen LogP contribution in [-0.4, -0.2) is 13.0 Å². The summed E-state index contributed by atoms with van der Waals surface area (Å²) in [5.74, 6) is 0.689. The lowest BCUT2D eigenvalue weighted by Crippen LogP contribution is -2.27. The molecular weight excluding hydrogens is 400 g/mol. The fourth-order valence-electron chi connectivity index (χ4n) is 3.15. The number of methoxy groups -OCH3 is 1. The molecule has 162 valence electrons. The number of rotatable bonds is 8. The molecule has 0 spiro atoms. The molecule has 0 fully saturated rings. The van der Waals surface area contributed by atoms with Crippen LogP contribution in [0.3, 0.4) is 0 Å². The molecule has 3 aromatic rings. The average Bonchev–Trinajstić information content (AvgIpc) is 2.82. The van der Waals surface area contributed by atoms with E-state index >= 15 is 0 Å². The van der Waals surface area contributed by atoms with Gasteiger partial charge >= 0.3 is 0 Å². The quantitative estimate of drug-likeness (QED) is 0.388. The molecule has 0 saturated carbocycles. The summed E-state index contributed by atoms with van der Waals surface area (Å²) in [6, 6.07) is 24.8. The summed E-state index contributed by atoms with van der Waals surface area (Å²) in [6.07, 6.45) is 1.54. The van der Waals surface area contributed by atoms with Crippen molar-refractivity contribution in [2.75, 3.05) is 7.11 Å². The van der Waals surface area contributed by atoms with E-state index in [1.807, 2.05) is 74.5 Å². The van der Waals surface area contributed by atoms with Gasteiger partial charge in [0.15, 0.2) is 11.5 Å². The first kappa shape index (κ1) is 22.6. The van der Waals surface area contributed by atoms with Gasteiger partial charge in [0.2, 0.25) is 0 Å². The van der Waals surface area contributed by atoms with Crippen LogP contribution in [0.25, 0.3) is 6.08 Å². The first-order chi connectivity index (χ1) is 15.5. The number of carbonyl (C=O) groups excluding carboxylic acids is 1.